The molecule has 0 saturated carbocycles. The first kappa shape index (κ1) is 74.4. The number of esters is 3. The maximum Gasteiger partial charge on any atom is 0.306 e. The molecule has 0 radical (unpaired) electrons. The van der Waals surface area contributed by atoms with Gasteiger partial charge >= 0.3 is 17.9 Å². The molecule has 0 aromatic carbocycles. The molecule has 0 spiro atoms. The van der Waals surface area contributed by atoms with E-state index in [9.17, 15) is 14.4 Å². The van der Waals surface area contributed by atoms with E-state index in [0.29, 0.717) is 19.3 Å². The van der Waals surface area contributed by atoms with Crippen molar-refractivity contribution < 1.29 is 28.6 Å². The zero-order chi connectivity index (χ0) is 55.5. The zero-order valence-corrected chi connectivity index (χ0v) is 52.6. The van der Waals surface area contributed by atoms with Crippen molar-refractivity contribution in [2.45, 2.75) is 401 Å². The monoisotopic (exact) mass is 1070 g/mol. The molecule has 0 bridgehead atoms. The van der Waals surface area contributed by atoms with Gasteiger partial charge in [0.25, 0.3) is 0 Å². The summed E-state index contributed by atoms with van der Waals surface area (Å²) in [5, 5.41) is 0. The highest BCUT2D eigenvalue weighted by Gasteiger charge is 2.20. The molecule has 0 rings (SSSR count). The van der Waals surface area contributed by atoms with Gasteiger partial charge in [-0.05, 0) is 37.0 Å². The lowest BCUT2D eigenvalue weighted by molar-refractivity contribution is -0.167. The van der Waals surface area contributed by atoms with Crippen LogP contribution in [0.25, 0.3) is 0 Å². The number of rotatable bonds is 63. The van der Waals surface area contributed by atoms with Crippen LogP contribution in [0.5, 0.6) is 0 Å². The molecule has 0 amide bonds. The van der Waals surface area contributed by atoms with E-state index >= 15 is 0 Å². The van der Waals surface area contributed by atoms with Crippen LogP contribution < -0.4 is 0 Å². The Bertz CT molecular complexity index is 1190. The van der Waals surface area contributed by atoms with E-state index in [2.05, 4.69) is 41.5 Å². The number of carbonyl (C=O) groups excluding carboxylic acids is 3. The molecule has 0 heterocycles. The van der Waals surface area contributed by atoms with Crippen molar-refractivity contribution in [1.82, 2.24) is 0 Å². The number of ether oxygens (including phenoxy) is 3. The maximum absolute atomic E-state index is 12.9. The molecule has 0 N–H and O–H groups in total. The number of hydrogen-bond acceptors (Lipinski definition) is 6. The topological polar surface area (TPSA) is 78.9 Å². The van der Waals surface area contributed by atoms with E-state index < -0.39 is 6.10 Å². The molecule has 4 atom stereocenters. The van der Waals surface area contributed by atoms with Gasteiger partial charge in [-0.2, -0.15) is 0 Å². The summed E-state index contributed by atoms with van der Waals surface area (Å²) < 4.78 is 17.0. The van der Waals surface area contributed by atoms with Crippen LogP contribution in [-0.2, 0) is 28.6 Å². The van der Waals surface area contributed by atoms with Gasteiger partial charge < -0.3 is 14.2 Å². The van der Waals surface area contributed by atoms with Crippen LogP contribution in [0.15, 0.2) is 0 Å². The van der Waals surface area contributed by atoms with Gasteiger partial charge in [-0.1, -0.05) is 356 Å². The lowest BCUT2D eigenvalue weighted by atomic mass is 9.99. The molecular formula is C70H136O6. The van der Waals surface area contributed by atoms with Crippen molar-refractivity contribution >= 4 is 17.9 Å². The lowest BCUT2D eigenvalue weighted by Crippen LogP contribution is -2.30. The van der Waals surface area contributed by atoms with Crippen LogP contribution in [0.3, 0.4) is 0 Å². The molecule has 0 aliphatic heterocycles. The maximum atomic E-state index is 12.9. The summed E-state index contributed by atoms with van der Waals surface area (Å²) in [6.45, 7) is 13.9. The summed E-state index contributed by atoms with van der Waals surface area (Å²) in [7, 11) is 0. The molecule has 0 aromatic heterocycles. The Kier molecular flexibility index (Phi) is 59.8. The van der Waals surface area contributed by atoms with Gasteiger partial charge in [-0.25, -0.2) is 0 Å². The Hall–Kier alpha value is -1.59. The molecule has 3 unspecified atom stereocenters. The van der Waals surface area contributed by atoms with E-state index in [-0.39, 0.29) is 31.1 Å². The van der Waals surface area contributed by atoms with Crippen LogP contribution in [0.1, 0.15) is 395 Å². The predicted octanol–water partition coefficient (Wildman–Crippen LogP) is 23.4. The molecule has 452 valence electrons. The first-order valence-electron chi connectivity index (χ1n) is 34.7. The van der Waals surface area contributed by atoms with Gasteiger partial charge in [0.2, 0.25) is 0 Å². The molecule has 0 aliphatic carbocycles. The SMILES string of the molecule is CCC(C)CCCCCCCCCCCCCCCCCCCCC(=O)OC[C@H](COC(=O)CCCCCCCCCCCCCCCCC(C)CC)OC(=O)CCCCCCCCCCCCCCCCC(C)CC. The molecule has 6 heteroatoms. The normalized spacial score (nSPS) is 13.2. The third-order valence-corrected chi connectivity index (χ3v) is 17.2. The van der Waals surface area contributed by atoms with Gasteiger partial charge in [0.1, 0.15) is 13.2 Å². The van der Waals surface area contributed by atoms with Gasteiger partial charge in [0, 0.05) is 19.3 Å². The van der Waals surface area contributed by atoms with Crippen LogP contribution >= 0.6 is 0 Å². The fraction of sp³-hybridized carbons (Fsp3) is 0.957. The highest BCUT2D eigenvalue weighted by molar-refractivity contribution is 5.71. The van der Waals surface area contributed by atoms with E-state index in [1.54, 1.807) is 0 Å². The first-order chi connectivity index (χ1) is 37.2. The lowest BCUT2D eigenvalue weighted by Gasteiger charge is -2.18. The van der Waals surface area contributed by atoms with Crippen molar-refractivity contribution in [2.24, 2.45) is 17.8 Å². The molecule has 0 saturated heterocycles. The van der Waals surface area contributed by atoms with Gasteiger partial charge in [-0.3, -0.25) is 14.4 Å². The molecule has 0 aromatic rings. The Morgan fingerprint density at radius 1 is 0.250 bits per heavy atom. The standard InChI is InChI=1S/C70H136O6/c1-7-64(4)56-50-44-38-32-26-20-14-12-10-11-13-15-23-29-35-41-47-53-59-68(71)74-62-67(76-70(73)61-55-49-43-37-31-25-19-17-22-28-34-40-46-52-58-66(6)9-3)63-75-69(72)60-54-48-42-36-30-24-18-16-21-27-33-39-45-51-57-65(5)8-2/h64-67H,7-63H2,1-6H3/t64?,65?,66?,67-/m1/s1. The number of carbonyl (C=O) groups is 3. The fourth-order valence-corrected chi connectivity index (χ4v) is 10.8. The van der Waals surface area contributed by atoms with E-state index in [4.69, 9.17) is 14.2 Å². The minimum Gasteiger partial charge on any atom is -0.462 e. The summed E-state index contributed by atoms with van der Waals surface area (Å²) >= 11 is 0. The van der Waals surface area contributed by atoms with Gasteiger partial charge in [-0.15, -0.1) is 0 Å². The number of hydrogen-bond donors (Lipinski definition) is 0. The van der Waals surface area contributed by atoms with Crippen LogP contribution in [0.4, 0.5) is 0 Å². The first-order valence-corrected chi connectivity index (χ1v) is 34.7. The second-order valence-corrected chi connectivity index (χ2v) is 24.9. The smallest absolute Gasteiger partial charge is 0.306 e. The van der Waals surface area contributed by atoms with Crippen molar-refractivity contribution in [2.75, 3.05) is 13.2 Å². The highest BCUT2D eigenvalue weighted by atomic mass is 16.6. The summed E-state index contributed by atoms with van der Waals surface area (Å²) in [5.41, 5.74) is 0. The van der Waals surface area contributed by atoms with Crippen molar-refractivity contribution in [1.29, 1.82) is 0 Å². The summed E-state index contributed by atoms with van der Waals surface area (Å²) in [5.74, 6) is 1.87. The van der Waals surface area contributed by atoms with E-state index in [0.717, 1.165) is 75.5 Å². The predicted molar refractivity (Wildman–Crippen MR) is 330 cm³/mol. The highest BCUT2D eigenvalue weighted by Crippen LogP contribution is 2.21. The minimum atomic E-state index is -0.765. The van der Waals surface area contributed by atoms with Crippen LogP contribution in [0, 0.1) is 17.8 Å². The zero-order valence-electron chi connectivity index (χ0n) is 52.6. The summed E-state index contributed by atoms with van der Waals surface area (Å²) in [6, 6.07) is 0. The molecule has 76 heavy (non-hydrogen) atoms. The van der Waals surface area contributed by atoms with Crippen molar-refractivity contribution in [3.63, 3.8) is 0 Å². The second kappa shape index (κ2) is 61.0. The summed E-state index contributed by atoms with van der Waals surface area (Å²) in [4.78, 5) is 38.4. The largest absolute Gasteiger partial charge is 0.462 e. The Morgan fingerprint density at radius 3 is 0.618 bits per heavy atom. The van der Waals surface area contributed by atoms with Crippen molar-refractivity contribution in [3.05, 3.63) is 0 Å². The van der Waals surface area contributed by atoms with Crippen LogP contribution in [-0.4, -0.2) is 37.2 Å². The average Bonchev–Trinajstić information content (AvgIpc) is 3.42. The molecule has 0 aliphatic rings. The Balaban J connectivity index is 4.28. The third kappa shape index (κ3) is 58.6. The Morgan fingerprint density at radius 2 is 0.421 bits per heavy atom. The quantitative estimate of drug-likeness (QED) is 0.0343. The average molecular weight is 1070 g/mol. The van der Waals surface area contributed by atoms with Gasteiger partial charge in [0.15, 0.2) is 6.10 Å². The van der Waals surface area contributed by atoms with Crippen LogP contribution in [0.2, 0.25) is 0 Å². The molecule has 0 fully saturated rings. The van der Waals surface area contributed by atoms with Crippen molar-refractivity contribution in [3.8, 4) is 0 Å². The minimum absolute atomic E-state index is 0.0620. The van der Waals surface area contributed by atoms with Gasteiger partial charge in [0.05, 0.1) is 0 Å². The number of unbranched alkanes of at least 4 members (excludes halogenated alkanes) is 43. The molecular weight excluding hydrogens is 937 g/mol. The molecule has 6 nitrogen and oxygen atoms in total. The second-order valence-electron chi connectivity index (χ2n) is 24.9. The van der Waals surface area contributed by atoms with E-state index in [1.807, 2.05) is 0 Å². The van der Waals surface area contributed by atoms with E-state index in [1.165, 1.54) is 276 Å². The fourth-order valence-electron chi connectivity index (χ4n) is 10.8. The third-order valence-electron chi connectivity index (χ3n) is 17.2. The Labute approximate surface area is 476 Å². The summed E-state index contributed by atoms with van der Waals surface area (Å²) in [6.07, 6.45) is 68.1.